The maximum absolute atomic E-state index is 11.0. The average Bonchev–Trinajstić information content (AvgIpc) is 3.37. The van der Waals surface area contributed by atoms with E-state index in [4.69, 9.17) is 14.2 Å². The summed E-state index contributed by atoms with van der Waals surface area (Å²) in [6.45, 7) is 3.89. The molecule has 192 valence electrons. The highest BCUT2D eigenvalue weighted by Crippen LogP contribution is 2.77. The molecule has 0 unspecified atom stereocenters. The number of hydrogen-bond acceptors (Lipinski definition) is 5. The third kappa shape index (κ3) is 2.57. The minimum absolute atomic E-state index is 0.0493. The first-order chi connectivity index (χ1) is 17.5. The molecule has 5 nitrogen and oxygen atoms in total. The lowest BCUT2D eigenvalue weighted by Gasteiger charge is -2.74. The number of phenols is 1. The molecule has 3 heterocycles. The predicted octanol–water partition coefficient (Wildman–Crippen LogP) is 5.04. The summed E-state index contributed by atoms with van der Waals surface area (Å²) in [6, 6.07) is 6.84. The molecule has 2 aromatic rings. The first-order valence-electron chi connectivity index (χ1n) is 14.0. The molecule has 4 bridgehead atoms. The molecule has 2 spiro atoms. The minimum atomic E-state index is -0.377. The van der Waals surface area contributed by atoms with Crippen molar-refractivity contribution < 1.29 is 23.8 Å². The van der Waals surface area contributed by atoms with Crippen LogP contribution < -0.4 is 4.74 Å². The minimum Gasteiger partial charge on any atom is -0.504 e. The van der Waals surface area contributed by atoms with Gasteiger partial charge in [0.25, 0.3) is 0 Å². The molecule has 5 fully saturated rings. The van der Waals surface area contributed by atoms with Gasteiger partial charge in [0, 0.05) is 42.8 Å². The van der Waals surface area contributed by atoms with Crippen molar-refractivity contribution >= 4 is 11.3 Å². The fourth-order valence-corrected chi connectivity index (χ4v) is 10.8. The van der Waals surface area contributed by atoms with E-state index >= 15 is 0 Å². The van der Waals surface area contributed by atoms with E-state index in [1.54, 1.807) is 11.3 Å². The van der Waals surface area contributed by atoms with Crippen LogP contribution in [-0.4, -0.2) is 61.2 Å². The SMILES string of the molecule is CO[C@]12CC[C@@]3(C[C@@H]1COCc1ccsc1)[C@H]1Cc4ccc(O)c5c4[C@@]3(CC[N@+]1(C)CC1CC1)[C@H]2O5. The van der Waals surface area contributed by atoms with E-state index in [2.05, 4.69) is 29.9 Å². The van der Waals surface area contributed by atoms with Crippen LogP contribution in [0.3, 0.4) is 0 Å². The lowest BCUT2D eigenvalue weighted by Crippen LogP contribution is -2.83. The normalized spacial score (nSPS) is 43.3. The molecule has 5 aliphatic carbocycles. The van der Waals surface area contributed by atoms with Crippen molar-refractivity contribution in [2.45, 2.75) is 74.7 Å². The van der Waals surface area contributed by atoms with Gasteiger partial charge in [-0.05, 0) is 66.1 Å². The van der Waals surface area contributed by atoms with Gasteiger partial charge in [-0.2, -0.15) is 11.3 Å². The molecular formula is C30H38NO4S+. The molecule has 7 atom stereocenters. The van der Waals surface area contributed by atoms with Gasteiger partial charge in [-0.3, -0.25) is 0 Å². The van der Waals surface area contributed by atoms with Gasteiger partial charge < -0.3 is 23.8 Å². The Balaban J connectivity index is 1.26. The van der Waals surface area contributed by atoms with Crippen molar-refractivity contribution in [1.29, 1.82) is 0 Å². The molecule has 4 saturated carbocycles. The Kier molecular flexibility index (Phi) is 4.53. The molecule has 1 aromatic carbocycles. The molecule has 1 saturated heterocycles. The number of likely N-dealkylation sites (N-methyl/N-ethyl adjacent to an activating group) is 1. The van der Waals surface area contributed by atoms with Crippen molar-refractivity contribution in [1.82, 2.24) is 0 Å². The fraction of sp³-hybridized carbons (Fsp3) is 0.667. The average molecular weight is 509 g/mol. The van der Waals surface area contributed by atoms with Crippen LogP contribution >= 0.6 is 11.3 Å². The zero-order chi connectivity index (χ0) is 24.3. The number of nitrogens with zero attached hydrogens (tertiary/aromatic N) is 1. The van der Waals surface area contributed by atoms with Gasteiger partial charge in [-0.1, -0.05) is 6.07 Å². The maximum atomic E-state index is 11.0. The summed E-state index contributed by atoms with van der Waals surface area (Å²) < 4.78 is 21.1. The van der Waals surface area contributed by atoms with Gasteiger partial charge in [0.2, 0.25) is 0 Å². The number of quaternary nitrogens is 1. The van der Waals surface area contributed by atoms with Crippen LogP contribution in [0.15, 0.2) is 29.0 Å². The Morgan fingerprint density at radius 3 is 2.86 bits per heavy atom. The Morgan fingerprint density at radius 1 is 1.19 bits per heavy atom. The molecule has 36 heavy (non-hydrogen) atoms. The van der Waals surface area contributed by atoms with Gasteiger partial charge in [0.15, 0.2) is 11.5 Å². The Labute approximate surface area is 217 Å². The monoisotopic (exact) mass is 508 g/mol. The van der Waals surface area contributed by atoms with Crippen LogP contribution in [-0.2, 0) is 27.9 Å². The Hall–Kier alpha value is -1.60. The maximum Gasteiger partial charge on any atom is 0.165 e. The van der Waals surface area contributed by atoms with E-state index < -0.39 is 0 Å². The van der Waals surface area contributed by atoms with Crippen molar-refractivity contribution in [3.8, 4) is 11.5 Å². The van der Waals surface area contributed by atoms with E-state index in [0.717, 1.165) is 37.4 Å². The lowest BCUT2D eigenvalue weighted by atomic mass is 9.34. The first kappa shape index (κ1) is 22.4. The second kappa shape index (κ2) is 7.28. The highest BCUT2D eigenvalue weighted by molar-refractivity contribution is 7.07. The number of likely N-dealkylation sites (tertiary alicyclic amines) is 1. The van der Waals surface area contributed by atoms with Gasteiger partial charge in [0.1, 0.15) is 11.7 Å². The topological polar surface area (TPSA) is 47.9 Å². The van der Waals surface area contributed by atoms with Gasteiger partial charge in [-0.15, -0.1) is 0 Å². The predicted molar refractivity (Wildman–Crippen MR) is 138 cm³/mol. The third-order valence-corrected chi connectivity index (χ3v) is 12.4. The molecule has 1 N–H and O–H groups in total. The second-order valence-corrected chi connectivity index (χ2v) is 13.9. The number of methoxy groups -OCH3 is 1. The zero-order valence-electron chi connectivity index (χ0n) is 21.5. The summed E-state index contributed by atoms with van der Waals surface area (Å²) in [4.78, 5) is 0. The molecule has 7 aliphatic rings. The van der Waals surface area contributed by atoms with E-state index in [1.807, 2.05) is 13.2 Å². The fourth-order valence-electron chi connectivity index (χ4n) is 10.1. The van der Waals surface area contributed by atoms with Crippen LogP contribution in [0.4, 0.5) is 0 Å². The summed E-state index contributed by atoms with van der Waals surface area (Å²) in [5.74, 6) is 2.27. The molecule has 1 aromatic heterocycles. The van der Waals surface area contributed by atoms with Crippen LogP contribution in [0.5, 0.6) is 11.5 Å². The van der Waals surface area contributed by atoms with E-state index in [-0.39, 0.29) is 22.5 Å². The smallest absolute Gasteiger partial charge is 0.165 e. The van der Waals surface area contributed by atoms with Crippen molar-refractivity contribution in [3.63, 3.8) is 0 Å². The van der Waals surface area contributed by atoms with Crippen molar-refractivity contribution in [2.75, 3.05) is 33.9 Å². The summed E-state index contributed by atoms with van der Waals surface area (Å²) in [5.41, 5.74) is 3.76. The molecule has 6 heteroatoms. The van der Waals surface area contributed by atoms with Crippen LogP contribution in [0.2, 0.25) is 0 Å². The quantitative estimate of drug-likeness (QED) is 0.533. The number of phenolic OH excluding ortho intramolecular Hbond substituents is 1. The number of aromatic hydroxyl groups is 1. The van der Waals surface area contributed by atoms with E-state index in [1.165, 1.54) is 53.5 Å². The molecule has 9 rings (SSSR count). The number of benzene rings is 1. The van der Waals surface area contributed by atoms with Gasteiger partial charge in [0.05, 0.1) is 44.8 Å². The van der Waals surface area contributed by atoms with Crippen molar-refractivity contribution in [3.05, 3.63) is 45.6 Å². The first-order valence-corrected chi connectivity index (χ1v) is 14.9. The van der Waals surface area contributed by atoms with Gasteiger partial charge in [-0.25, -0.2) is 0 Å². The summed E-state index contributed by atoms with van der Waals surface area (Å²) >= 11 is 1.73. The van der Waals surface area contributed by atoms with Crippen molar-refractivity contribution in [2.24, 2.45) is 17.3 Å². The number of fused-ring (bicyclic) bond motifs is 2. The number of thiophene rings is 1. The largest absolute Gasteiger partial charge is 0.504 e. The Morgan fingerprint density at radius 2 is 2.08 bits per heavy atom. The number of rotatable bonds is 7. The van der Waals surface area contributed by atoms with Gasteiger partial charge >= 0.3 is 0 Å². The molecule has 0 radical (unpaired) electrons. The number of ether oxygens (including phenoxy) is 3. The van der Waals surface area contributed by atoms with Crippen LogP contribution in [0.25, 0.3) is 0 Å². The van der Waals surface area contributed by atoms with Crippen LogP contribution in [0.1, 0.15) is 55.2 Å². The highest BCUT2D eigenvalue weighted by atomic mass is 32.1. The molecule has 2 aliphatic heterocycles. The summed E-state index contributed by atoms with van der Waals surface area (Å²) in [7, 11) is 4.46. The number of hydrogen-bond donors (Lipinski definition) is 1. The zero-order valence-corrected chi connectivity index (χ0v) is 22.3. The Bertz CT molecular complexity index is 1210. The van der Waals surface area contributed by atoms with Crippen LogP contribution in [0, 0.1) is 17.3 Å². The molecule has 0 amide bonds. The van der Waals surface area contributed by atoms with E-state index in [0.29, 0.717) is 30.9 Å². The third-order valence-electron chi connectivity index (χ3n) is 11.7. The number of piperidine rings is 1. The summed E-state index contributed by atoms with van der Waals surface area (Å²) in [6.07, 6.45) is 8.36. The standard InChI is InChI=1S/C30H37NO4S/c1-31(15-19-3-4-19)11-10-29-25-21-5-6-23(32)26(25)35-27(29)30(33-2)9-8-28(29,24(31)13-21)14-22(30)17-34-16-20-7-12-36-18-20/h5-7,12,18-19,22,24,27H,3-4,8-11,13-17H2,1-2H3/p+1/t22-,24-,27-,28-,29+,30-,31-/m1/s1. The summed E-state index contributed by atoms with van der Waals surface area (Å²) in [5, 5.41) is 15.3. The highest BCUT2D eigenvalue weighted by Gasteiger charge is 2.83. The van der Waals surface area contributed by atoms with E-state index in [9.17, 15) is 5.11 Å². The second-order valence-electron chi connectivity index (χ2n) is 13.1. The molecular weight excluding hydrogens is 470 g/mol. The lowest BCUT2D eigenvalue weighted by molar-refractivity contribution is -0.952.